The molecule has 0 bridgehead atoms. The average molecular weight is 1010 g/mol. The van der Waals surface area contributed by atoms with Gasteiger partial charge in [0.15, 0.2) is 0 Å². The third kappa shape index (κ3) is 41.1. The third-order valence-corrected chi connectivity index (χ3v) is 16.0. The van der Waals surface area contributed by atoms with Crippen molar-refractivity contribution >= 4 is 18.1 Å². The number of hydrogen-bond donors (Lipinski definition) is 2. The van der Waals surface area contributed by atoms with E-state index in [1.54, 1.807) is 0 Å². The minimum Gasteiger partial charge on any atom is -0.481 e. The molecule has 0 spiro atoms. The van der Waals surface area contributed by atoms with E-state index in [-0.39, 0.29) is 29.8 Å². The first-order valence-electron chi connectivity index (χ1n) is 31.3. The molecule has 0 aliphatic heterocycles. The lowest BCUT2D eigenvalue weighted by molar-refractivity contribution is -0.145. The Labute approximate surface area is 441 Å². The van der Waals surface area contributed by atoms with Crippen molar-refractivity contribution in [2.45, 2.75) is 311 Å². The number of likely N-dealkylation sites (N-methyl/N-ethyl adjacent to an activating group) is 2. The largest absolute Gasteiger partial charge is 0.508 e. The molecule has 0 fully saturated rings. The van der Waals surface area contributed by atoms with Crippen molar-refractivity contribution < 1.29 is 34.1 Å². The van der Waals surface area contributed by atoms with Crippen LogP contribution in [-0.4, -0.2) is 90.1 Å². The van der Waals surface area contributed by atoms with E-state index in [0.717, 1.165) is 161 Å². The molecule has 0 aliphatic rings. The molecule has 9 nitrogen and oxygen atoms in total. The van der Waals surface area contributed by atoms with E-state index in [0.29, 0.717) is 13.2 Å². The maximum absolute atomic E-state index is 13.1. The van der Waals surface area contributed by atoms with E-state index >= 15 is 0 Å². The van der Waals surface area contributed by atoms with Gasteiger partial charge in [-0.15, -0.1) is 0 Å². The SMILES string of the molecule is CCCCCCCCC(CCCCCCCC)C(CCCCCCC(CCCCCCC(C(=O)O)C(CCCCCCCC)CCCCCCCC)OC(=O)OCCN(CC)CCN(CC)CC)C(=O)O. The van der Waals surface area contributed by atoms with Crippen molar-refractivity contribution in [2.24, 2.45) is 23.7 Å². The van der Waals surface area contributed by atoms with Crippen LogP contribution in [0.1, 0.15) is 305 Å². The number of carbonyl (C=O) groups excluding carboxylic acids is 1. The lowest BCUT2D eigenvalue weighted by atomic mass is 9.80. The van der Waals surface area contributed by atoms with Gasteiger partial charge in [0, 0.05) is 19.6 Å². The summed E-state index contributed by atoms with van der Waals surface area (Å²) in [4.78, 5) is 43.3. The standard InChI is InChI=1S/C62H122N2O7/c1-8-15-19-23-27-35-43-55(44-36-28-24-20-16-9-2)58(60(65)66)49-41-33-31-39-47-57(71-62(69)70-54-53-64(14-7)52-51-63(12-5)13-6)48-40-32-34-42-50-59(61(67)68)56(45-37-29-25-21-17-10-3)46-38-30-26-22-18-11-4/h55-59H,8-54H2,1-7H3,(H,65,66)(H,67,68). The Morgan fingerprint density at radius 1 is 0.352 bits per heavy atom. The van der Waals surface area contributed by atoms with Crippen molar-refractivity contribution in [1.29, 1.82) is 0 Å². The van der Waals surface area contributed by atoms with Crippen LogP contribution in [0, 0.1) is 23.7 Å². The first kappa shape index (κ1) is 69.1. The van der Waals surface area contributed by atoms with E-state index in [1.807, 2.05) is 0 Å². The molecule has 0 aromatic heterocycles. The monoisotopic (exact) mass is 1010 g/mol. The molecule has 0 aromatic carbocycles. The molecule has 0 heterocycles. The van der Waals surface area contributed by atoms with Crippen molar-refractivity contribution in [2.75, 3.05) is 45.9 Å². The van der Waals surface area contributed by atoms with Gasteiger partial charge in [0.05, 0.1) is 11.8 Å². The molecule has 0 radical (unpaired) electrons. The molecule has 2 N–H and O–H groups in total. The van der Waals surface area contributed by atoms with Gasteiger partial charge in [-0.25, -0.2) is 4.79 Å². The van der Waals surface area contributed by atoms with Crippen LogP contribution in [0.5, 0.6) is 0 Å². The highest BCUT2D eigenvalue weighted by molar-refractivity contribution is 5.70. The minimum absolute atomic E-state index is 0.218. The zero-order chi connectivity index (χ0) is 52.4. The molecule has 0 aromatic rings. The smallest absolute Gasteiger partial charge is 0.481 e. The normalized spacial score (nSPS) is 13.2. The van der Waals surface area contributed by atoms with Crippen LogP contribution in [0.2, 0.25) is 0 Å². The number of hydrogen-bond acceptors (Lipinski definition) is 7. The Hall–Kier alpha value is -1.87. The van der Waals surface area contributed by atoms with Gasteiger partial charge >= 0.3 is 18.1 Å². The van der Waals surface area contributed by atoms with Crippen LogP contribution >= 0.6 is 0 Å². The molecule has 0 saturated heterocycles. The molecule has 9 heteroatoms. The molecule has 71 heavy (non-hydrogen) atoms. The number of carboxylic acids is 2. The van der Waals surface area contributed by atoms with Crippen LogP contribution in [0.25, 0.3) is 0 Å². The van der Waals surface area contributed by atoms with Crippen molar-refractivity contribution in [3.63, 3.8) is 0 Å². The number of ether oxygens (including phenoxy) is 2. The Morgan fingerprint density at radius 2 is 0.634 bits per heavy atom. The Morgan fingerprint density at radius 3 is 0.944 bits per heavy atom. The maximum atomic E-state index is 13.1. The zero-order valence-electron chi connectivity index (χ0n) is 48.5. The predicted octanol–water partition coefficient (Wildman–Crippen LogP) is 18.5. The van der Waals surface area contributed by atoms with Crippen LogP contribution in [-0.2, 0) is 19.1 Å². The average Bonchev–Trinajstić information content (AvgIpc) is 3.36. The predicted molar refractivity (Wildman–Crippen MR) is 303 cm³/mol. The van der Waals surface area contributed by atoms with Gasteiger partial charge in [0.1, 0.15) is 12.7 Å². The lowest BCUT2D eigenvalue weighted by Crippen LogP contribution is -2.37. The zero-order valence-corrected chi connectivity index (χ0v) is 48.5. The van der Waals surface area contributed by atoms with Gasteiger partial charge in [-0.2, -0.15) is 0 Å². The van der Waals surface area contributed by atoms with Gasteiger partial charge in [0.2, 0.25) is 0 Å². The van der Waals surface area contributed by atoms with E-state index in [4.69, 9.17) is 9.47 Å². The number of carbonyl (C=O) groups is 3. The Bertz CT molecular complexity index is 1070. The number of aliphatic carboxylic acids is 2. The minimum atomic E-state index is -0.607. The van der Waals surface area contributed by atoms with Gasteiger partial charge in [-0.05, 0) is 95.7 Å². The summed E-state index contributed by atoms with van der Waals surface area (Å²) < 4.78 is 11.7. The van der Waals surface area contributed by atoms with Crippen LogP contribution in [0.15, 0.2) is 0 Å². The summed E-state index contributed by atoms with van der Waals surface area (Å²) in [5, 5.41) is 20.9. The molecule has 0 amide bonds. The van der Waals surface area contributed by atoms with Crippen LogP contribution in [0.4, 0.5) is 4.79 Å². The molecule has 2 unspecified atom stereocenters. The number of carboxylic acid groups (broad SMARTS) is 2. The summed E-state index contributed by atoms with van der Waals surface area (Å²) in [6.07, 6.45) is 43.9. The summed E-state index contributed by atoms with van der Waals surface area (Å²) in [5.41, 5.74) is 0. The first-order chi connectivity index (χ1) is 34.6. The second-order valence-electron chi connectivity index (χ2n) is 21.9. The van der Waals surface area contributed by atoms with E-state index in [2.05, 4.69) is 58.3 Å². The van der Waals surface area contributed by atoms with Crippen molar-refractivity contribution in [3.8, 4) is 0 Å². The summed E-state index contributed by atoms with van der Waals surface area (Å²) in [7, 11) is 0. The lowest BCUT2D eigenvalue weighted by Gasteiger charge is -2.25. The maximum Gasteiger partial charge on any atom is 0.508 e. The van der Waals surface area contributed by atoms with E-state index < -0.39 is 18.1 Å². The second-order valence-corrected chi connectivity index (χ2v) is 21.9. The van der Waals surface area contributed by atoms with Crippen molar-refractivity contribution in [3.05, 3.63) is 0 Å². The number of unbranched alkanes of at least 4 members (excludes halogenated alkanes) is 26. The van der Waals surface area contributed by atoms with Gasteiger partial charge in [-0.1, -0.05) is 241 Å². The van der Waals surface area contributed by atoms with Gasteiger partial charge in [-0.3, -0.25) is 14.5 Å². The molecular formula is C62H122N2O7. The Balaban J connectivity index is 5.48. The summed E-state index contributed by atoms with van der Waals surface area (Å²) in [6.45, 7) is 21.4. The fourth-order valence-electron chi connectivity index (χ4n) is 11.1. The second kappa shape index (κ2) is 51.6. The molecule has 0 rings (SSSR count). The first-order valence-corrected chi connectivity index (χ1v) is 31.3. The van der Waals surface area contributed by atoms with E-state index in [1.165, 1.54) is 128 Å². The van der Waals surface area contributed by atoms with Gasteiger partial charge in [0.25, 0.3) is 0 Å². The molecule has 2 atom stereocenters. The van der Waals surface area contributed by atoms with Crippen molar-refractivity contribution in [1.82, 2.24) is 9.80 Å². The fourth-order valence-corrected chi connectivity index (χ4v) is 11.1. The summed E-state index contributed by atoms with van der Waals surface area (Å²) >= 11 is 0. The topological polar surface area (TPSA) is 117 Å². The number of rotatable bonds is 56. The highest BCUT2D eigenvalue weighted by Crippen LogP contribution is 2.32. The fraction of sp³-hybridized carbons (Fsp3) is 0.952. The van der Waals surface area contributed by atoms with Gasteiger partial charge < -0.3 is 24.6 Å². The highest BCUT2D eigenvalue weighted by Gasteiger charge is 2.28. The molecule has 422 valence electrons. The molecule has 0 aliphatic carbocycles. The number of nitrogens with zero attached hydrogens (tertiary/aromatic N) is 2. The summed E-state index contributed by atoms with van der Waals surface area (Å²) in [6, 6.07) is 0. The summed E-state index contributed by atoms with van der Waals surface area (Å²) in [5.74, 6) is -1.19. The molecule has 0 saturated carbocycles. The van der Waals surface area contributed by atoms with Crippen LogP contribution in [0.3, 0.4) is 0 Å². The molecular weight excluding hydrogens is 885 g/mol. The van der Waals surface area contributed by atoms with Crippen LogP contribution < -0.4 is 0 Å². The quantitative estimate of drug-likeness (QED) is 0.0454. The van der Waals surface area contributed by atoms with E-state index in [9.17, 15) is 24.6 Å². The third-order valence-electron chi connectivity index (χ3n) is 16.0. The Kier molecular flexibility index (Phi) is 50.2. The highest BCUT2D eigenvalue weighted by atomic mass is 16.7.